The Labute approximate surface area is 180 Å². The van der Waals surface area contributed by atoms with Crippen LogP contribution in [0.1, 0.15) is 48.6 Å². The second-order valence-electron chi connectivity index (χ2n) is 8.65. The van der Waals surface area contributed by atoms with E-state index in [1.165, 1.54) is 5.56 Å². The lowest BCUT2D eigenvalue weighted by Crippen LogP contribution is -2.40. The lowest BCUT2D eigenvalue weighted by Gasteiger charge is -2.23. The van der Waals surface area contributed by atoms with E-state index in [1.807, 2.05) is 51.1 Å². The Morgan fingerprint density at radius 1 is 0.933 bits per heavy atom. The topological polar surface area (TPSA) is 61.4 Å². The van der Waals surface area contributed by atoms with E-state index in [0.29, 0.717) is 5.92 Å². The molecule has 0 unspecified atom stereocenters. The summed E-state index contributed by atoms with van der Waals surface area (Å²) in [7, 11) is 1.79. The molecule has 2 aromatic rings. The number of anilines is 1. The van der Waals surface area contributed by atoms with E-state index in [9.17, 15) is 9.59 Å². The van der Waals surface area contributed by atoms with Crippen LogP contribution in [0.25, 0.3) is 0 Å². The summed E-state index contributed by atoms with van der Waals surface area (Å²) in [6, 6.07) is 14.1. The fourth-order valence-corrected chi connectivity index (χ4v) is 3.78. The Kier molecular flexibility index (Phi) is 8.60. The third kappa shape index (κ3) is 7.30. The van der Waals surface area contributed by atoms with Gasteiger partial charge >= 0.3 is 0 Å². The number of likely N-dealkylation sites (N-methyl/N-ethyl adjacent to an activating group) is 1. The molecular weight excluding hydrogens is 374 g/mol. The van der Waals surface area contributed by atoms with Crippen molar-refractivity contribution in [1.29, 1.82) is 0 Å². The molecule has 0 spiro atoms. The molecule has 5 nitrogen and oxygen atoms in total. The molecule has 0 radical (unpaired) electrons. The fourth-order valence-electron chi connectivity index (χ4n) is 3.78. The van der Waals surface area contributed by atoms with Gasteiger partial charge in [-0.15, -0.1) is 0 Å². The number of benzene rings is 2. The predicted octanol–water partition coefficient (Wildman–Crippen LogP) is 4.39. The van der Waals surface area contributed by atoms with Crippen LogP contribution in [0, 0.1) is 26.7 Å². The van der Waals surface area contributed by atoms with Crippen LogP contribution in [-0.4, -0.2) is 36.9 Å². The number of nitrogens with one attached hydrogen (secondary N) is 2. The van der Waals surface area contributed by atoms with Gasteiger partial charge in [-0.2, -0.15) is 0 Å². The van der Waals surface area contributed by atoms with Crippen molar-refractivity contribution in [2.24, 2.45) is 5.92 Å². The highest BCUT2D eigenvalue weighted by atomic mass is 16.2. The van der Waals surface area contributed by atoms with E-state index >= 15 is 0 Å². The molecule has 0 aliphatic heterocycles. The lowest BCUT2D eigenvalue weighted by molar-refractivity contribution is -0.123. The maximum atomic E-state index is 12.6. The number of amides is 2. The minimum absolute atomic E-state index is 0.0289. The highest BCUT2D eigenvalue weighted by molar-refractivity contribution is 5.94. The van der Waals surface area contributed by atoms with Crippen molar-refractivity contribution in [3.63, 3.8) is 0 Å². The first-order chi connectivity index (χ1) is 14.2. The lowest BCUT2D eigenvalue weighted by atomic mass is 9.97. The van der Waals surface area contributed by atoms with Crippen LogP contribution in [0.4, 0.5) is 5.69 Å². The number of hydrogen-bond acceptors (Lipinski definition) is 3. The van der Waals surface area contributed by atoms with Crippen molar-refractivity contribution in [2.75, 3.05) is 25.5 Å². The number of hydrogen-bond donors (Lipinski definition) is 2. The number of carbonyl (C=O) groups is 2. The van der Waals surface area contributed by atoms with Gasteiger partial charge in [-0.3, -0.25) is 14.5 Å². The second kappa shape index (κ2) is 10.9. The Balaban J connectivity index is 1.92. The zero-order valence-corrected chi connectivity index (χ0v) is 19.1. The highest BCUT2D eigenvalue weighted by Crippen LogP contribution is 2.22. The van der Waals surface area contributed by atoms with Crippen molar-refractivity contribution in [2.45, 2.75) is 47.1 Å². The first-order valence-electron chi connectivity index (χ1n) is 10.6. The van der Waals surface area contributed by atoms with Gasteiger partial charge in [-0.25, -0.2) is 0 Å². The molecule has 0 aromatic heterocycles. The van der Waals surface area contributed by atoms with Gasteiger partial charge in [0.1, 0.15) is 0 Å². The van der Waals surface area contributed by atoms with Gasteiger partial charge in [0.25, 0.3) is 0 Å². The van der Waals surface area contributed by atoms with Crippen LogP contribution in [-0.2, 0) is 9.59 Å². The Morgan fingerprint density at radius 2 is 1.50 bits per heavy atom. The molecule has 0 saturated heterocycles. The summed E-state index contributed by atoms with van der Waals surface area (Å²) in [5.74, 6) is 0.254. The Hall–Kier alpha value is -2.66. The summed E-state index contributed by atoms with van der Waals surface area (Å²) in [4.78, 5) is 26.9. The summed E-state index contributed by atoms with van der Waals surface area (Å²) in [5, 5.41) is 6.12. The van der Waals surface area contributed by atoms with Crippen LogP contribution in [0.15, 0.2) is 42.5 Å². The predicted molar refractivity (Wildman–Crippen MR) is 124 cm³/mol. The minimum atomic E-state index is -0.123. The van der Waals surface area contributed by atoms with Crippen molar-refractivity contribution >= 4 is 17.5 Å². The molecule has 2 N–H and O–H groups in total. The monoisotopic (exact) mass is 409 g/mol. The number of rotatable bonds is 9. The van der Waals surface area contributed by atoms with Gasteiger partial charge in [0, 0.05) is 5.69 Å². The second-order valence-corrected chi connectivity index (χ2v) is 8.65. The zero-order chi connectivity index (χ0) is 22.3. The molecule has 1 atom stereocenters. The molecule has 5 heteroatoms. The molecule has 0 aliphatic rings. The number of carbonyl (C=O) groups excluding carboxylic acids is 2. The van der Waals surface area contributed by atoms with E-state index in [4.69, 9.17) is 0 Å². The van der Waals surface area contributed by atoms with Gasteiger partial charge < -0.3 is 10.6 Å². The van der Waals surface area contributed by atoms with E-state index in [2.05, 4.69) is 36.6 Å². The van der Waals surface area contributed by atoms with Gasteiger partial charge in [-0.05, 0) is 56.8 Å². The highest BCUT2D eigenvalue weighted by Gasteiger charge is 2.18. The first kappa shape index (κ1) is 23.6. The smallest absolute Gasteiger partial charge is 0.238 e. The molecule has 0 fully saturated rings. The third-order valence-electron chi connectivity index (χ3n) is 5.01. The minimum Gasteiger partial charge on any atom is -0.348 e. The summed E-state index contributed by atoms with van der Waals surface area (Å²) in [6.45, 7) is 10.6. The van der Waals surface area contributed by atoms with Crippen molar-refractivity contribution in [1.82, 2.24) is 10.2 Å². The van der Waals surface area contributed by atoms with Gasteiger partial charge in [0.2, 0.25) is 11.8 Å². The molecule has 162 valence electrons. The molecule has 30 heavy (non-hydrogen) atoms. The SMILES string of the molecule is Cc1cc(C)c(NC(=O)CN(C)CC(=O)N[C@H](CC(C)C)c2ccccc2)c(C)c1. The van der Waals surface area contributed by atoms with E-state index < -0.39 is 0 Å². The maximum Gasteiger partial charge on any atom is 0.238 e. The van der Waals surface area contributed by atoms with Crippen LogP contribution >= 0.6 is 0 Å². The first-order valence-corrected chi connectivity index (χ1v) is 10.6. The average Bonchev–Trinajstić information content (AvgIpc) is 2.64. The summed E-state index contributed by atoms with van der Waals surface area (Å²) in [6.07, 6.45) is 0.867. The van der Waals surface area contributed by atoms with Crippen LogP contribution in [0.2, 0.25) is 0 Å². The molecule has 0 aliphatic carbocycles. The molecule has 0 saturated carbocycles. The third-order valence-corrected chi connectivity index (χ3v) is 5.01. The van der Waals surface area contributed by atoms with Gasteiger partial charge in [0.15, 0.2) is 0 Å². The van der Waals surface area contributed by atoms with E-state index in [0.717, 1.165) is 28.8 Å². The zero-order valence-electron chi connectivity index (χ0n) is 19.1. The van der Waals surface area contributed by atoms with Crippen molar-refractivity contribution < 1.29 is 9.59 Å². The summed E-state index contributed by atoms with van der Waals surface area (Å²) < 4.78 is 0. The molecule has 0 heterocycles. The Morgan fingerprint density at radius 3 is 2.07 bits per heavy atom. The van der Waals surface area contributed by atoms with Gasteiger partial charge in [-0.1, -0.05) is 61.9 Å². The van der Waals surface area contributed by atoms with E-state index in [1.54, 1.807) is 11.9 Å². The number of nitrogens with zero attached hydrogens (tertiary/aromatic N) is 1. The molecular formula is C25H35N3O2. The van der Waals surface area contributed by atoms with Crippen molar-refractivity contribution in [3.8, 4) is 0 Å². The largest absolute Gasteiger partial charge is 0.348 e. The van der Waals surface area contributed by atoms with Crippen LogP contribution in [0.5, 0.6) is 0 Å². The standard InChI is InChI=1S/C25H35N3O2/c1-17(2)12-22(21-10-8-7-9-11-21)26-23(29)15-28(6)16-24(30)27-25-19(4)13-18(3)14-20(25)5/h7-11,13-14,17,22H,12,15-16H2,1-6H3,(H,26,29)(H,27,30)/t22-/m1/s1. The van der Waals surface area contributed by atoms with Crippen molar-refractivity contribution in [3.05, 3.63) is 64.7 Å². The molecule has 2 aromatic carbocycles. The number of aryl methyl sites for hydroxylation is 3. The normalized spacial score (nSPS) is 12.1. The average molecular weight is 410 g/mol. The summed E-state index contributed by atoms with van der Waals surface area (Å²) >= 11 is 0. The summed E-state index contributed by atoms with van der Waals surface area (Å²) in [5.41, 5.74) is 5.21. The van der Waals surface area contributed by atoms with Crippen LogP contribution < -0.4 is 10.6 Å². The molecule has 0 bridgehead atoms. The van der Waals surface area contributed by atoms with E-state index in [-0.39, 0.29) is 30.9 Å². The molecule has 2 rings (SSSR count). The molecule has 2 amide bonds. The quantitative estimate of drug-likeness (QED) is 0.646. The van der Waals surface area contributed by atoms with Gasteiger partial charge in [0.05, 0.1) is 19.1 Å². The Bertz CT molecular complexity index is 839. The fraction of sp³-hybridized carbons (Fsp3) is 0.440. The maximum absolute atomic E-state index is 12.6. The van der Waals surface area contributed by atoms with Crippen LogP contribution in [0.3, 0.4) is 0 Å².